The molecule has 0 bridgehead atoms. The maximum atomic E-state index is 5.60. The number of hydrogen-bond acceptors (Lipinski definition) is 3. The Labute approximate surface area is 76.2 Å². The Morgan fingerprint density at radius 2 is 2.08 bits per heavy atom. The first-order valence-corrected chi connectivity index (χ1v) is 4.43. The first-order valence-electron chi connectivity index (χ1n) is 4.43. The van der Waals surface area contributed by atoms with Crippen molar-refractivity contribution in [3.63, 3.8) is 0 Å². The summed E-state index contributed by atoms with van der Waals surface area (Å²) in [5.74, 6) is 2.66. The molecule has 3 nitrogen and oxygen atoms in total. The molecule has 0 saturated heterocycles. The van der Waals surface area contributed by atoms with Gasteiger partial charge >= 0.3 is 0 Å². The Bertz CT molecular complexity index is 359. The molecule has 0 spiro atoms. The molecule has 0 amide bonds. The zero-order chi connectivity index (χ0) is 8.84. The molecule has 1 aromatic carbocycles. The van der Waals surface area contributed by atoms with Gasteiger partial charge in [0, 0.05) is 12.0 Å². The van der Waals surface area contributed by atoms with Crippen LogP contribution in [0.1, 0.15) is 12.5 Å². The lowest BCUT2D eigenvalue weighted by atomic mass is 10.1. The van der Waals surface area contributed by atoms with E-state index < -0.39 is 0 Å². The lowest BCUT2D eigenvalue weighted by molar-refractivity contribution is 0.173. The summed E-state index contributed by atoms with van der Waals surface area (Å²) in [6.45, 7) is 2.39. The SMILES string of the molecule is CC1Cc2c(ccc3c2OCO3)O1. The average Bonchev–Trinajstić information content (AvgIpc) is 2.65. The first-order chi connectivity index (χ1) is 6.34. The molecule has 1 unspecified atom stereocenters. The Kier molecular flexibility index (Phi) is 1.26. The summed E-state index contributed by atoms with van der Waals surface area (Å²) < 4.78 is 16.3. The van der Waals surface area contributed by atoms with E-state index in [1.165, 1.54) is 0 Å². The summed E-state index contributed by atoms with van der Waals surface area (Å²) in [6, 6.07) is 3.85. The number of hydrogen-bond donors (Lipinski definition) is 0. The van der Waals surface area contributed by atoms with E-state index in [0.29, 0.717) is 6.79 Å². The molecule has 1 aromatic rings. The summed E-state index contributed by atoms with van der Waals surface area (Å²) in [4.78, 5) is 0. The maximum Gasteiger partial charge on any atom is 0.231 e. The van der Waals surface area contributed by atoms with Gasteiger partial charge < -0.3 is 14.2 Å². The molecule has 68 valence electrons. The van der Waals surface area contributed by atoms with Crippen LogP contribution in [0.25, 0.3) is 0 Å². The van der Waals surface area contributed by atoms with Gasteiger partial charge in [-0.2, -0.15) is 0 Å². The summed E-state index contributed by atoms with van der Waals surface area (Å²) in [5, 5.41) is 0. The quantitative estimate of drug-likeness (QED) is 0.605. The molecular weight excluding hydrogens is 168 g/mol. The molecule has 0 N–H and O–H groups in total. The third kappa shape index (κ3) is 0.899. The third-order valence-electron chi connectivity index (χ3n) is 2.42. The normalized spacial score (nSPS) is 22.7. The molecule has 0 aromatic heterocycles. The summed E-state index contributed by atoms with van der Waals surface area (Å²) in [5.41, 5.74) is 1.16. The zero-order valence-corrected chi connectivity index (χ0v) is 7.37. The fraction of sp³-hybridized carbons (Fsp3) is 0.400. The molecule has 0 fully saturated rings. The van der Waals surface area contributed by atoms with Crippen LogP contribution in [0.5, 0.6) is 17.2 Å². The van der Waals surface area contributed by atoms with Crippen molar-refractivity contribution in [2.24, 2.45) is 0 Å². The minimum Gasteiger partial charge on any atom is -0.490 e. The monoisotopic (exact) mass is 178 g/mol. The predicted octanol–water partition coefficient (Wildman–Crippen LogP) is 1.74. The van der Waals surface area contributed by atoms with Crippen LogP contribution in [0.2, 0.25) is 0 Å². The second-order valence-corrected chi connectivity index (χ2v) is 3.41. The van der Waals surface area contributed by atoms with Gasteiger partial charge in [-0.3, -0.25) is 0 Å². The van der Waals surface area contributed by atoms with Crippen molar-refractivity contribution >= 4 is 0 Å². The number of rotatable bonds is 0. The zero-order valence-electron chi connectivity index (χ0n) is 7.37. The average molecular weight is 178 g/mol. The summed E-state index contributed by atoms with van der Waals surface area (Å²) in [7, 11) is 0. The van der Waals surface area contributed by atoms with Crippen LogP contribution in [0.4, 0.5) is 0 Å². The van der Waals surface area contributed by atoms with Gasteiger partial charge in [-0.25, -0.2) is 0 Å². The van der Waals surface area contributed by atoms with Crippen LogP contribution in [0, 0.1) is 0 Å². The molecule has 3 rings (SSSR count). The summed E-state index contributed by atoms with van der Waals surface area (Å²) in [6.07, 6.45) is 1.17. The molecule has 0 aliphatic carbocycles. The van der Waals surface area contributed by atoms with Crippen molar-refractivity contribution in [3.05, 3.63) is 17.7 Å². The number of benzene rings is 1. The van der Waals surface area contributed by atoms with E-state index in [9.17, 15) is 0 Å². The lowest BCUT2D eigenvalue weighted by Crippen LogP contribution is -2.05. The van der Waals surface area contributed by atoms with E-state index in [0.717, 1.165) is 29.2 Å². The molecule has 0 saturated carbocycles. The predicted molar refractivity (Wildman–Crippen MR) is 46.4 cm³/mol. The molecule has 2 heterocycles. The van der Waals surface area contributed by atoms with Crippen LogP contribution in [-0.2, 0) is 6.42 Å². The van der Waals surface area contributed by atoms with Gasteiger partial charge in [0.1, 0.15) is 11.9 Å². The van der Waals surface area contributed by atoms with E-state index >= 15 is 0 Å². The summed E-state index contributed by atoms with van der Waals surface area (Å²) >= 11 is 0. The minimum absolute atomic E-state index is 0.255. The molecule has 2 aliphatic rings. The molecule has 3 heteroatoms. The van der Waals surface area contributed by atoms with Gasteiger partial charge in [-0.1, -0.05) is 0 Å². The highest BCUT2D eigenvalue weighted by molar-refractivity contribution is 5.56. The smallest absolute Gasteiger partial charge is 0.231 e. The van der Waals surface area contributed by atoms with Gasteiger partial charge in [-0.05, 0) is 19.1 Å². The Morgan fingerprint density at radius 3 is 3.00 bits per heavy atom. The highest BCUT2D eigenvalue weighted by Gasteiger charge is 2.28. The van der Waals surface area contributed by atoms with Crippen LogP contribution in [-0.4, -0.2) is 12.9 Å². The molecule has 1 atom stereocenters. The van der Waals surface area contributed by atoms with Crippen molar-refractivity contribution in [1.29, 1.82) is 0 Å². The molecule has 0 radical (unpaired) electrons. The standard InChI is InChI=1S/C10H10O3/c1-6-4-7-8(13-6)2-3-9-10(7)12-5-11-9/h2-3,6H,4-5H2,1H3. The fourth-order valence-electron chi connectivity index (χ4n) is 1.86. The van der Waals surface area contributed by atoms with E-state index in [4.69, 9.17) is 14.2 Å². The topological polar surface area (TPSA) is 27.7 Å². The van der Waals surface area contributed by atoms with Crippen molar-refractivity contribution in [1.82, 2.24) is 0 Å². The highest BCUT2D eigenvalue weighted by atomic mass is 16.7. The highest BCUT2D eigenvalue weighted by Crippen LogP contribution is 2.44. The number of fused-ring (bicyclic) bond motifs is 3. The molecule has 13 heavy (non-hydrogen) atoms. The lowest BCUT2D eigenvalue weighted by Gasteiger charge is -2.02. The molecular formula is C10H10O3. The fourth-order valence-corrected chi connectivity index (χ4v) is 1.86. The second-order valence-electron chi connectivity index (χ2n) is 3.41. The van der Waals surface area contributed by atoms with Gasteiger partial charge in [0.25, 0.3) is 0 Å². The van der Waals surface area contributed by atoms with Crippen molar-refractivity contribution in [2.45, 2.75) is 19.4 Å². The Hall–Kier alpha value is -1.38. The first kappa shape index (κ1) is 7.06. The van der Waals surface area contributed by atoms with Crippen LogP contribution in [0.3, 0.4) is 0 Å². The maximum absolute atomic E-state index is 5.60. The van der Waals surface area contributed by atoms with Gasteiger partial charge in [0.2, 0.25) is 6.79 Å². The van der Waals surface area contributed by atoms with Crippen molar-refractivity contribution in [3.8, 4) is 17.2 Å². The van der Waals surface area contributed by atoms with E-state index in [2.05, 4.69) is 6.92 Å². The van der Waals surface area contributed by atoms with Crippen LogP contribution < -0.4 is 14.2 Å². The Balaban J connectivity index is 2.16. The van der Waals surface area contributed by atoms with Gasteiger partial charge in [-0.15, -0.1) is 0 Å². The molecule has 2 aliphatic heterocycles. The van der Waals surface area contributed by atoms with E-state index in [1.807, 2.05) is 12.1 Å². The van der Waals surface area contributed by atoms with Crippen LogP contribution >= 0.6 is 0 Å². The van der Waals surface area contributed by atoms with Gasteiger partial charge in [0.15, 0.2) is 11.5 Å². The second kappa shape index (κ2) is 2.31. The van der Waals surface area contributed by atoms with Crippen molar-refractivity contribution < 1.29 is 14.2 Å². The van der Waals surface area contributed by atoms with Crippen LogP contribution in [0.15, 0.2) is 12.1 Å². The van der Waals surface area contributed by atoms with E-state index in [1.54, 1.807) is 0 Å². The van der Waals surface area contributed by atoms with E-state index in [-0.39, 0.29) is 6.10 Å². The minimum atomic E-state index is 0.255. The Morgan fingerprint density at radius 1 is 1.23 bits per heavy atom. The third-order valence-corrected chi connectivity index (χ3v) is 2.42. The van der Waals surface area contributed by atoms with Gasteiger partial charge in [0.05, 0.1) is 0 Å². The largest absolute Gasteiger partial charge is 0.490 e. The van der Waals surface area contributed by atoms with Crippen molar-refractivity contribution in [2.75, 3.05) is 6.79 Å². The number of ether oxygens (including phenoxy) is 3.